The Kier molecular flexibility index (Phi) is 3.00. The lowest BCUT2D eigenvalue weighted by Crippen LogP contribution is -1.75. The lowest BCUT2D eigenvalue weighted by atomic mass is 10.2. The molecular formula is C10H8ClFS2. The van der Waals surface area contributed by atoms with E-state index in [9.17, 15) is 4.39 Å². The summed E-state index contributed by atoms with van der Waals surface area (Å²) in [6, 6.07) is 4.87. The van der Waals surface area contributed by atoms with E-state index in [1.54, 1.807) is 29.2 Å². The molecule has 1 aromatic heterocycles. The summed E-state index contributed by atoms with van der Waals surface area (Å²) in [7, 11) is 0. The van der Waals surface area contributed by atoms with Crippen molar-refractivity contribution in [3.63, 3.8) is 0 Å². The van der Waals surface area contributed by atoms with E-state index >= 15 is 0 Å². The predicted molar refractivity (Wildman–Crippen MR) is 63.1 cm³/mol. The van der Waals surface area contributed by atoms with Crippen LogP contribution >= 0.6 is 34.7 Å². The average molecular weight is 247 g/mol. The van der Waals surface area contributed by atoms with Gasteiger partial charge in [0, 0.05) is 19.9 Å². The van der Waals surface area contributed by atoms with E-state index in [2.05, 4.69) is 0 Å². The zero-order valence-electron chi connectivity index (χ0n) is 7.51. The molecular weight excluding hydrogens is 239 g/mol. The second kappa shape index (κ2) is 4.09. The van der Waals surface area contributed by atoms with Crippen LogP contribution in [-0.2, 0) is 5.88 Å². The van der Waals surface area contributed by atoms with Gasteiger partial charge in [-0.2, -0.15) is 0 Å². The van der Waals surface area contributed by atoms with Gasteiger partial charge in [-0.05, 0) is 24.5 Å². The van der Waals surface area contributed by atoms with Crippen LogP contribution in [0, 0.1) is 5.82 Å². The minimum atomic E-state index is -0.188. The zero-order chi connectivity index (χ0) is 10.1. The highest BCUT2D eigenvalue weighted by molar-refractivity contribution is 7.99. The second-order valence-electron chi connectivity index (χ2n) is 2.83. The van der Waals surface area contributed by atoms with Gasteiger partial charge in [-0.25, -0.2) is 4.39 Å². The number of benzene rings is 1. The Balaban J connectivity index is 2.74. The molecule has 0 fully saturated rings. The number of thiophene rings is 1. The van der Waals surface area contributed by atoms with Crippen LogP contribution < -0.4 is 0 Å². The molecule has 74 valence electrons. The third-order valence-corrected chi connectivity index (χ3v) is 4.60. The Bertz CT molecular complexity index is 464. The van der Waals surface area contributed by atoms with E-state index in [0.717, 1.165) is 19.9 Å². The number of halogens is 2. The summed E-state index contributed by atoms with van der Waals surface area (Å²) in [6.45, 7) is 0. The van der Waals surface area contributed by atoms with Gasteiger partial charge in [-0.1, -0.05) is 0 Å². The summed E-state index contributed by atoms with van der Waals surface area (Å²) < 4.78 is 14.1. The Hall–Kier alpha value is -0.250. The fourth-order valence-corrected chi connectivity index (χ4v) is 3.84. The molecule has 0 aliphatic carbocycles. The van der Waals surface area contributed by atoms with Crippen molar-refractivity contribution in [1.29, 1.82) is 0 Å². The van der Waals surface area contributed by atoms with Crippen molar-refractivity contribution in [2.24, 2.45) is 0 Å². The third kappa shape index (κ3) is 1.64. The number of thioether (sulfide) groups is 1. The van der Waals surface area contributed by atoms with Crippen LogP contribution in [0.5, 0.6) is 0 Å². The summed E-state index contributed by atoms with van der Waals surface area (Å²) in [5.41, 5.74) is 0. The monoisotopic (exact) mass is 246 g/mol. The quantitative estimate of drug-likeness (QED) is 0.555. The van der Waals surface area contributed by atoms with Gasteiger partial charge in [-0.3, -0.25) is 0 Å². The van der Waals surface area contributed by atoms with E-state index in [0.29, 0.717) is 5.88 Å². The minimum Gasteiger partial charge on any atom is -0.207 e. The van der Waals surface area contributed by atoms with E-state index in [-0.39, 0.29) is 5.82 Å². The smallest absolute Gasteiger partial charge is 0.123 e. The van der Waals surface area contributed by atoms with E-state index in [1.807, 2.05) is 12.3 Å². The standard InChI is InChI=1S/C10H8ClFS2/c1-13-10-7-4-6(12)2-3-8(7)14-9(10)5-11/h2-4H,5H2,1H3. The van der Waals surface area contributed by atoms with Gasteiger partial charge < -0.3 is 0 Å². The first-order valence-electron chi connectivity index (χ1n) is 4.07. The van der Waals surface area contributed by atoms with E-state index < -0.39 is 0 Å². The fourth-order valence-electron chi connectivity index (χ4n) is 1.41. The van der Waals surface area contributed by atoms with E-state index in [4.69, 9.17) is 11.6 Å². The first-order valence-corrected chi connectivity index (χ1v) is 6.64. The molecule has 0 aliphatic rings. The number of fused-ring (bicyclic) bond motifs is 1. The van der Waals surface area contributed by atoms with Crippen LogP contribution in [0.25, 0.3) is 10.1 Å². The Morgan fingerprint density at radius 3 is 2.93 bits per heavy atom. The first-order chi connectivity index (χ1) is 6.76. The van der Waals surface area contributed by atoms with Crippen molar-refractivity contribution in [1.82, 2.24) is 0 Å². The topological polar surface area (TPSA) is 0 Å². The molecule has 14 heavy (non-hydrogen) atoms. The van der Waals surface area contributed by atoms with Crippen molar-refractivity contribution in [2.75, 3.05) is 6.26 Å². The van der Waals surface area contributed by atoms with Crippen LogP contribution in [0.3, 0.4) is 0 Å². The number of alkyl halides is 1. The number of hydrogen-bond donors (Lipinski definition) is 0. The van der Waals surface area contributed by atoms with Crippen LogP contribution in [0.1, 0.15) is 4.88 Å². The summed E-state index contributed by atoms with van der Waals surface area (Å²) in [5, 5.41) is 0.984. The molecule has 0 saturated carbocycles. The van der Waals surface area contributed by atoms with Gasteiger partial charge in [0.15, 0.2) is 0 Å². The second-order valence-corrected chi connectivity index (χ2v) is 5.05. The third-order valence-electron chi connectivity index (χ3n) is 2.00. The van der Waals surface area contributed by atoms with Gasteiger partial charge in [0.25, 0.3) is 0 Å². The molecule has 2 rings (SSSR count). The molecule has 0 atom stereocenters. The molecule has 0 unspecified atom stereocenters. The Morgan fingerprint density at radius 2 is 2.29 bits per heavy atom. The average Bonchev–Trinajstić information content (AvgIpc) is 2.54. The molecule has 0 bridgehead atoms. The predicted octanol–water partition coefficient (Wildman–Crippen LogP) is 4.50. The SMILES string of the molecule is CSc1c(CCl)sc2ccc(F)cc12. The largest absolute Gasteiger partial charge is 0.207 e. The van der Waals surface area contributed by atoms with Crippen molar-refractivity contribution < 1.29 is 4.39 Å². The highest BCUT2D eigenvalue weighted by Crippen LogP contribution is 2.38. The summed E-state index contributed by atoms with van der Waals surface area (Å²) in [4.78, 5) is 2.24. The van der Waals surface area contributed by atoms with Crippen molar-refractivity contribution in [3.05, 3.63) is 28.9 Å². The van der Waals surface area contributed by atoms with Crippen LogP contribution in [-0.4, -0.2) is 6.26 Å². The molecule has 0 aliphatic heterocycles. The molecule has 0 spiro atoms. The Morgan fingerprint density at radius 1 is 1.50 bits per heavy atom. The lowest BCUT2D eigenvalue weighted by molar-refractivity contribution is 0.629. The van der Waals surface area contributed by atoms with Crippen molar-refractivity contribution in [2.45, 2.75) is 10.8 Å². The fraction of sp³-hybridized carbons (Fsp3) is 0.200. The van der Waals surface area contributed by atoms with Crippen LogP contribution in [0.2, 0.25) is 0 Å². The van der Waals surface area contributed by atoms with Gasteiger partial charge in [0.2, 0.25) is 0 Å². The number of hydrogen-bond acceptors (Lipinski definition) is 2. The first kappa shape index (κ1) is 10.3. The molecule has 1 heterocycles. The van der Waals surface area contributed by atoms with Crippen molar-refractivity contribution in [3.8, 4) is 0 Å². The van der Waals surface area contributed by atoms with E-state index in [1.165, 1.54) is 6.07 Å². The molecule has 1 aromatic carbocycles. The Labute approximate surface area is 95.1 Å². The highest BCUT2D eigenvalue weighted by Gasteiger charge is 2.10. The maximum absolute atomic E-state index is 13.0. The van der Waals surface area contributed by atoms with Gasteiger partial charge in [0.05, 0.1) is 5.88 Å². The zero-order valence-corrected chi connectivity index (χ0v) is 9.90. The molecule has 0 N–H and O–H groups in total. The van der Waals surface area contributed by atoms with Gasteiger partial charge in [-0.15, -0.1) is 34.7 Å². The van der Waals surface area contributed by atoms with Gasteiger partial charge >= 0.3 is 0 Å². The normalized spacial score (nSPS) is 11.1. The molecule has 2 aromatic rings. The highest BCUT2D eigenvalue weighted by atomic mass is 35.5. The van der Waals surface area contributed by atoms with Crippen LogP contribution in [0.15, 0.2) is 23.1 Å². The summed E-state index contributed by atoms with van der Waals surface area (Å²) in [6.07, 6.45) is 1.99. The van der Waals surface area contributed by atoms with Crippen molar-refractivity contribution >= 4 is 44.8 Å². The molecule has 4 heteroatoms. The molecule has 0 saturated heterocycles. The maximum Gasteiger partial charge on any atom is 0.123 e. The minimum absolute atomic E-state index is 0.188. The summed E-state index contributed by atoms with van der Waals surface area (Å²) in [5.74, 6) is 0.309. The molecule has 0 radical (unpaired) electrons. The molecule has 0 nitrogen and oxygen atoms in total. The van der Waals surface area contributed by atoms with Crippen LogP contribution in [0.4, 0.5) is 4.39 Å². The maximum atomic E-state index is 13.0. The number of rotatable bonds is 2. The molecule has 0 amide bonds. The lowest BCUT2D eigenvalue weighted by Gasteiger charge is -1.96. The summed E-state index contributed by atoms with van der Waals surface area (Å²) >= 11 is 9.09. The van der Waals surface area contributed by atoms with Gasteiger partial charge in [0.1, 0.15) is 5.82 Å².